The van der Waals surface area contributed by atoms with Crippen LogP contribution < -0.4 is 0 Å². The highest BCUT2D eigenvalue weighted by atomic mass is 32.2. The van der Waals surface area contributed by atoms with E-state index in [4.69, 9.17) is 0 Å². The van der Waals surface area contributed by atoms with Gasteiger partial charge in [-0.2, -0.15) is 9.40 Å². The third-order valence-electron chi connectivity index (χ3n) is 4.43. The van der Waals surface area contributed by atoms with Gasteiger partial charge in [-0.15, -0.1) is 0 Å². The molecule has 1 fully saturated rings. The second kappa shape index (κ2) is 7.23. The molecule has 0 atom stereocenters. The zero-order valence-corrected chi connectivity index (χ0v) is 16.1. The van der Waals surface area contributed by atoms with Gasteiger partial charge in [0, 0.05) is 39.6 Å². The predicted octanol–water partition coefficient (Wildman–Crippen LogP) is 1.31. The molecule has 0 radical (unpaired) electrons. The second-order valence-corrected chi connectivity index (χ2v) is 8.73. The lowest BCUT2D eigenvalue weighted by molar-refractivity contribution is -0.131. The third kappa shape index (κ3) is 3.80. The Morgan fingerprint density at radius 3 is 2.38 bits per heavy atom. The molecule has 0 N–H and O–H groups in total. The van der Waals surface area contributed by atoms with Gasteiger partial charge in [0.1, 0.15) is 4.90 Å². The largest absolute Gasteiger partial charge is 0.341 e. The lowest BCUT2D eigenvalue weighted by atomic mass is 10.1. The monoisotopic (exact) mass is 356 g/mol. The first-order valence-corrected chi connectivity index (χ1v) is 9.86. The van der Waals surface area contributed by atoms with Crippen molar-refractivity contribution in [2.75, 3.05) is 26.2 Å². The normalized spacial score (nSPS) is 17.3. The van der Waals surface area contributed by atoms with E-state index < -0.39 is 10.0 Å². The van der Waals surface area contributed by atoms with Gasteiger partial charge in [-0.05, 0) is 26.2 Å². The van der Waals surface area contributed by atoms with Crippen LogP contribution in [0.4, 0.5) is 0 Å². The molecule has 0 aromatic carbocycles. The number of carbonyl (C=O) groups is 1. The summed E-state index contributed by atoms with van der Waals surface area (Å²) in [5, 5.41) is 4.22. The van der Waals surface area contributed by atoms with Crippen LogP contribution in [0.1, 0.15) is 38.1 Å². The summed E-state index contributed by atoms with van der Waals surface area (Å²) in [5.41, 5.74) is 1.16. The van der Waals surface area contributed by atoms with Gasteiger partial charge in [0.15, 0.2) is 0 Å². The van der Waals surface area contributed by atoms with Crippen molar-refractivity contribution >= 4 is 15.9 Å². The molecule has 0 aliphatic carbocycles. The molecular formula is C16H28N4O3S. The van der Waals surface area contributed by atoms with Crippen LogP contribution in [0.2, 0.25) is 0 Å². The molecule has 24 heavy (non-hydrogen) atoms. The second-order valence-electron chi connectivity index (χ2n) is 6.86. The Morgan fingerprint density at radius 1 is 1.17 bits per heavy atom. The Balaban J connectivity index is 2.17. The maximum atomic E-state index is 13.0. The fourth-order valence-electron chi connectivity index (χ4n) is 3.12. The van der Waals surface area contributed by atoms with Crippen molar-refractivity contribution in [1.29, 1.82) is 0 Å². The molecule has 136 valence electrons. The van der Waals surface area contributed by atoms with Gasteiger partial charge >= 0.3 is 0 Å². The molecule has 1 aliphatic rings. The number of carbonyl (C=O) groups excluding carboxylic acids is 1. The first-order chi connectivity index (χ1) is 11.1. The molecule has 2 rings (SSSR count). The molecule has 1 amide bonds. The van der Waals surface area contributed by atoms with Crippen LogP contribution in [0.25, 0.3) is 0 Å². The van der Waals surface area contributed by atoms with Crippen LogP contribution in [0, 0.1) is 19.8 Å². The molecule has 0 spiro atoms. The topological polar surface area (TPSA) is 75.5 Å². The van der Waals surface area contributed by atoms with E-state index in [0.717, 1.165) is 0 Å². The molecule has 1 aliphatic heterocycles. The Morgan fingerprint density at radius 2 is 1.83 bits per heavy atom. The molecule has 0 unspecified atom stereocenters. The summed E-state index contributed by atoms with van der Waals surface area (Å²) in [6.45, 7) is 9.34. The fourth-order valence-corrected chi connectivity index (χ4v) is 4.99. The van der Waals surface area contributed by atoms with Gasteiger partial charge in [0.25, 0.3) is 0 Å². The lowest BCUT2D eigenvalue weighted by Crippen LogP contribution is -2.38. The number of nitrogens with zero attached hydrogens (tertiary/aromatic N) is 4. The van der Waals surface area contributed by atoms with Crippen LogP contribution in [-0.4, -0.2) is 59.5 Å². The average Bonchev–Trinajstić information content (AvgIpc) is 2.67. The first-order valence-electron chi connectivity index (χ1n) is 8.42. The fraction of sp³-hybridized carbons (Fsp3) is 0.750. The van der Waals surface area contributed by atoms with Gasteiger partial charge in [-0.1, -0.05) is 13.8 Å². The van der Waals surface area contributed by atoms with Gasteiger partial charge in [-0.25, -0.2) is 8.42 Å². The Kier molecular flexibility index (Phi) is 5.70. The summed E-state index contributed by atoms with van der Waals surface area (Å²) < 4.78 is 29.1. The maximum Gasteiger partial charge on any atom is 0.246 e. The minimum Gasteiger partial charge on any atom is -0.341 e. The minimum absolute atomic E-state index is 0.109. The van der Waals surface area contributed by atoms with Gasteiger partial charge in [0.2, 0.25) is 15.9 Å². The highest BCUT2D eigenvalue weighted by molar-refractivity contribution is 7.89. The molecular weight excluding hydrogens is 328 g/mol. The van der Waals surface area contributed by atoms with Crippen molar-refractivity contribution < 1.29 is 13.2 Å². The van der Waals surface area contributed by atoms with Gasteiger partial charge in [0.05, 0.1) is 11.4 Å². The Bertz CT molecular complexity index is 709. The first kappa shape index (κ1) is 18.9. The van der Waals surface area contributed by atoms with Crippen molar-refractivity contribution in [3.63, 3.8) is 0 Å². The highest BCUT2D eigenvalue weighted by Gasteiger charge is 2.32. The van der Waals surface area contributed by atoms with Crippen molar-refractivity contribution in [1.82, 2.24) is 19.0 Å². The summed E-state index contributed by atoms with van der Waals surface area (Å²) in [6.07, 6.45) is 1.16. The molecule has 2 heterocycles. The van der Waals surface area contributed by atoms with E-state index in [1.54, 1.807) is 30.5 Å². The van der Waals surface area contributed by atoms with E-state index in [1.165, 1.54) is 4.31 Å². The summed E-state index contributed by atoms with van der Waals surface area (Å²) in [5.74, 6) is 0.416. The zero-order chi connectivity index (χ0) is 18.1. The van der Waals surface area contributed by atoms with Crippen LogP contribution in [0.3, 0.4) is 0 Å². The molecule has 1 saturated heterocycles. The van der Waals surface area contributed by atoms with Gasteiger partial charge in [-0.3, -0.25) is 9.48 Å². The van der Waals surface area contributed by atoms with Crippen LogP contribution in [0.15, 0.2) is 4.90 Å². The smallest absolute Gasteiger partial charge is 0.246 e. The van der Waals surface area contributed by atoms with E-state index in [0.29, 0.717) is 61.2 Å². The maximum absolute atomic E-state index is 13.0. The molecule has 1 aromatic heterocycles. The number of aryl methyl sites for hydroxylation is 2. The van der Waals surface area contributed by atoms with Crippen molar-refractivity contribution in [3.05, 3.63) is 11.4 Å². The third-order valence-corrected chi connectivity index (χ3v) is 6.58. The summed E-state index contributed by atoms with van der Waals surface area (Å²) in [6, 6.07) is 0. The zero-order valence-electron chi connectivity index (χ0n) is 15.2. The van der Waals surface area contributed by atoms with E-state index >= 15 is 0 Å². The van der Waals surface area contributed by atoms with Crippen molar-refractivity contribution in [2.45, 2.75) is 45.4 Å². The number of aromatic nitrogens is 2. The van der Waals surface area contributed by atoms with Crippen molar-refractivity contribution in [2.24, 2.45) is 13.0 Å². The summed E-state index contributed by atoms with van der Waals surface area (Å²) >= 11 is 0. The molecule has 0 saturated carbocycles. The quantitative estimate of drug-likeness (QED) is 0.815. The van der Waals surface area contributed by atoms with Crippen LogP contribution in [0.5, 0.6) is 0 Å². The summed E-state index contributed by atoms with van der Waals surface area (Å²) in [4.78, 5) is 14.3. The van der Waals surface area contributed by atoms with E-state index in [2.05, 4.69) is 5.10 Å². The molecule has 1 aromatic rings. The van der Waals surface area contributed by atoms with E-state index in [9.17, 15) is 13.2 Å². The number of hydrogen-bond donors (Lipinski definition) is 0. The van der Waals surface area contributed by atoms with Gasteiger partial charge < -0.3 is 4.90 Å². The molecule has 8 heteroatoms. The van der Waals surface area contributed by atoms with Crippen molar-refractivity contribution in [3.8, 4) is 0 Å². The van der Waals surface area contributed by atoms with E-state index in [-0.39, 0.29) is 5.91 Å². The number of sulfonamides is 1. The minimum atomic E-state index is -3.59. The average molecular weight is 356 g/mol. The number of hydrogen-bond acceptors (Lipinski definition) is 4. The summed E-state index contributed by atoms with van der Waals surface area (Å²) in [7, 11) is -1.84. The molecule has 0 bridgehead atoms. The standard InChI is InChI=1S/C16H28N4O3S/c1-12(2)11-15(21)19-7-6-8-20(10-9-19)24(22,23)16-13(3)17-18(5)14(16)4/h12H,6-11H2,1-5H3. The lowest BCUT2D eigenvalue weighted by Gasteiger charge is -2.22. The van der Waals surface area contributed by atoms with Crippen LogP contribution in [-0.2, 0) is 21.9 Å². The Labute approximate surface area is 144 Å². The SMILES string of the molecule is Cc1nn(C)c(C)c1S(=O)(=O)N1CCCN(C(=O)CC(C)C)CC1. The predicted molar refractivity (Wildman–Crippen MR) is 92.1 cm³/mol. The number of amides is 1. The van der Waals surface area contributed by atoms with Crippen LogP contribution >= 0.6 is 0 Å². The Hall–Kier alpha value is -1.41. The number of rotatable bonds is 4. The molecule has 7 nitrogen and oxygen atoms in total. The van der Waals surface area contributed by atoms with E-state index in [1.807, 2.05) is 13.8 Å². The highest BCUT2D eigenvalue weighted by Crippen LogP contribution is 2.24.